The van der Waals surface area contributed by atoms with Gasteiger partial charge in [0.25, 0.3) is 0 Å². The highest BCUT2D eigenvalue weighted by molar-refractivity contribution is 9.09. The van der Waals surface area contributed by atoms with Crippen molar-refractivity contribution in [2.24, 2.45) is 0 Å². The molecule has 1 N–H and O–H groups in total. The standard InChI is InChI=1S/C13H18BrNO2S/c14-10-13(11-6-2-1-3-7-11)15-18(16,17)12-8-4-5-9-12/h1-3,6-7,12-13,15H,4-5,8-10H2. The van der Waals surface area contributed by atoms with Crippen molar-refractivity contribution in [3.05, 3.63) is 35.9 Å². The highest BCUT2D eigenvalue weighted by atomic mass is 79.9. The zero-order chi connectivity index (χ0) is 13.0. The molecule has 0 heterocycles. The molecule has 0 spiro atoms. The van der Waals surface area contributed by atoms with Crippen LogP contribution in [0.1, 0.15) is 37.3 Å². The molecule has 1 unspecified atom stereocenters. The SMILES string of the molecule is O=S(=O)(NC(CBr)c1ccccc1)C1CCCC1. The van der Waals surface area contributed by atoms with Gasteiger partial charge in [0.2, 0.25) is 10.0 Å². The van der Waals surface area contributed by atoms with E-state index in [0.29, 0.717) is 5.33 Å². The van der Waals surface area contributed by atoms with Crippen LogP contribution >= 0.6 is 15.9 Å². The zero-order valence-corrected chi connectivity index (χ0v) is 12.6. The lowest BCUT2D eigenvalue weighted by Crippen LogP contribution is -2.36. The average Bonchev–Trinajstić information content (AvgIpc) is 2.92. The number of rotatable bonds is 5. The Hall–Kier alpha value is -0.390. The van der Waals surface area contributed by atoms with Crippen LogP contribution < -0.4 is 4.72 Å². The molecule has 5 heteroatoms. The molecule has 1 aromatic carbocycles. The maximum atomic E-state index is 12.2. The summed E-state index contributed by atoms with van der Waals surface area (Å²) in [5.74, 6) is 0. The Bertz CT molecular complexity index is 469. The maximum absolute atomic E-state index is 12.2. The largest absolute Gasteiger partial charge is 0.215 e. The first-order valence-corrected chi connectivity index (χ1v) is 8.92. The van der Waals surface area contributed by atoms with E-state index in [1.165, 1.54) is 0 Å². The van der Waals surface area contributed by atoms with Crippen molar-refractivity contribution in [2.75, 3.05) is 5.33 Å². The second kappa shape index (κ2) is 6.17. The maximum Gasteiger partial charge on any atom is 0.215 e. The minimum Gasteiger partial charge on any atom is -0.212 e. The minimum atomic E-state index is -3.20. The molecule has 100 valence electrons. The van der Waals surface area contributed by atoms with Crippen molar-refractivity contribution in [3.8, 4) is 0 Å². The van der Waals surface area contributed by atoms with Crippen molar-refractivity contribution in [3.63, 3.8) is 0 Å². The van der Waals surface area contributed by atoms with E-state index in [9.17, 15) is 8.42 Å². The van der Waals surface area contributed by atoms with Crippen molar-refractivity contribution < 1.29 is 8.42 Å². The van der Waals surface area contributed by atoms with E-state index in [1.54, 1.807) is 0 Å². The van der Waals surface area contributed by atoms with Crippen molar-refractivity contribution in [1.29, 1.82) is 0 Å². The number of benzene rings is 1. The van der Waals surface area contributed by atoms with Gasteiger partial charge in [-0.3, -0.25) is 0 Å². The molecule has 1 aliphatic rings. The summed E-state index contributed by atoms with van der Waals surface area (Å²) in [6.45, 7) is 0. The summed E-state index contributed by atoms with van der Waals surface area (Å²) in [6, 6.07) is 9.49. The lowest BCUT2D eigenvalue weighted by Gasteiger charge is -2.19. The van der Waals surface area contributed by atoms with Gasteiger partial charge in [-0.1, -0.05) is 59.1 Å². The summed E-state index contributed by atoms with van der Waals surface area (Å²) in [5, 5.41) is 0.380. The zero-order valence-electron chi connectivity index (χ0n) is 10.2. The quantitative estimate of drug-likeness (QED) is 0.843. The fraction of sp³-hybridized carbons (Fsp3) is 0.538. The summed E-state index contributed by atoms with van der Waals surface area (Å²) in [6.07, 6.45) is 3.63. The van der Waals surface area contributed by atoms with Crippen LogP contribution in [0.15, 0.2) is 30.3 Å². The van der Waals surface area contributed by atoms with Crippen LogP contribution in [0.2, 0.25) is 0 Å². The van der Waals surface area contributed by atoms with Gasteiger partial charge in [0.05, 0.1) is 11.3 Å². The van der Waals surface area contributed by atoms with Crippen LogP contribution in [0.5, 0.6) is 0 Å². The number of hydrogen-bond acceptors (Lipinski definition) is 2. The number of halogens is 1. The first-order valence-electron chi connectivity index (χ1n) is 6.25. The van der Waals surface area contributed by atoms with E-state index < -0.39 is 10.0 Å². The lowest BCUT2D eigenvalue weighted by atomic mass is 10.1. The number of sulfonamides is 1. The molecular weight excluding hydrogens is 314 g/mol. The topological polar surface area (TPSA) is 46.2 Å². The van der Waals surface area contributed by atoms with Gasteiger partial charge >= 0.3 is 0 Å². The summed E-state index contributed by atoms with van der Waals surface area (Å²) in [4.78, 5) is 0. The van der Waals surface area contributed by atoms with E-state index >= 15 is 0 Å². The molecule has 2 rings (SSSR count). The van der Waals surface area contributed by atoms with Gasteiger partial charge in [-0.05, 0) is 18.4 Å². The minimum absolute atomic E-state index is 0.184. The Morgan fingerprint density at radius 3 is 2.39 bits per heavy atom. The second-order valence-corrected chi connectivity index (χ2v) is 7.33. The lowest BCUT2D eigenvalue weighted by molar-refractivity contribution is 0.552. The molecule has 0 aliphatic heterocycles. The van der Waals surface area contributed by atoms with E-state index in [1.807, 2.05) is 30.3 Å². The molecule has 1 fully saturated rings. The first-order chi connectivity index (χ1) is 8.63. The molecule has 0 amide bonds. The van der Waals surface area contributed by atoms with Crippen LogP contribution in [0.4, 0.5) is 0 Å². The van der Waals surface area contributed by atoms with Crippen LogP contribution in [0.3, 0.4) is 0 Å². The smallest absolute Gasteiger partial charge is 0.212 e. The molecule has 18 heavy (non-hydrogen) atoms. The van der Waals surface area contributed by atoms with E-state index in [2.05, 4.69) is 20.7 Å². The fourth-order valence-electron chi connectivity index (χ4n) is 2.37. The predicted molar refractivity (Wildman–Crippen MR) is 77.3 cm³/mol. The first kappa shape index (κ1) is 14.0. The Morgan fingerprint density at radius 2 is 1.83 bits per heavy atom. The molecule has 0 radical (unpaired) electrons. The summed E-state index contributed by atoms with van der Waals surface area (Å²) in [7, 11) is -3.20. The van der Waals surface area contributed by atoms with Gasteiger partial charge in [0.15, 0.2) is 0 Å². The Kier molecular flexibility index (Phi) is 4.81. The third-order valence-corrected chi connectivity index (χ3v) is 6.01. The van der Waals surface area contributed by atoms with E-state index in [4.69, 9.17) is 0 Å². The van der Waals surface area contributed by atoms with Crippen LogP contribution in [-0.2, 0) is 10.0 Å². The number of hydrogen-bond donors (Lipinski definition) is 1. The monoisotopic (exact) mass is 331 g/mol. The predicted octanol–water partition coefficient (Wildman–Crippen LogP) is 2.98. The fourth-order valence-corrected chi connectivity index (χ4v) is 4.88. The molecule has 0 aromatic heterocycles. The molecule has 1 saturated carbocycles. The van der Waals surface area contributed by atoms with Gasteiger partial charge in [-0.25, -0.2) is 13.1 Å². The summed E-state index contributed by atoms with van der Waals surface area (Å²) >= 11 is 3.39. The van der Waals surface area contributed by atoms with Gasteiger partial charge in [-0.2, -0.15) is 0 Å². The highest BCUT2D eigenvalue weighted by Crippen LogP contribution is 2.26. The van der Waals surface area contributed by atoms with Gasteiger partial charge in [0.1, 0.15) is 0 Å². The third-order valence-electron chi connectivity index (χ3n) is 3.40. The number of nitrogens with one attached hydrogen (secondary N) is 1. The van der Waals surface area contributed by atoms with Crippen LogP contribution in [0.25, 0.3) is 0 Å². The van der Waals surface area contributed by atoms with E-state index in [0.717, 1.165) is 31.2 Å². The summed E-state index contributed by atoms with van der Waals surface area (Å²) < 4.78 is 27.3. The van der Waals surface area contributed by atoms with E-state index in [-0.39, 0.29) is 11.3 Å². The van der Waals surface area contributed by atoms with Crippen molar-refractivity contribution in [2.45, 2.75) is 37.0 Å². The average molecular weight is 332 g/mol. The van der Waals surface area contributed by atoms with Crippen molar-refractivity contribution >= 4 is 26.0 Å². The molecule has 0 bridgehead atoms. The van der Waals surface area contributed by atoms with Gasteiger partial charge in [-0.15, -0.1) is 0 Å². The van der Waals surface area contributed by atoms with Crippen LogP contribution in [0, 0.1) is 0 Å². The Balaban J connectivity index is 2.11. The molecule has 3 nitrogen and oxygen atoms in total. The van der Waals surface area contributed by atoms with Gasteiger partial charge in [0, 0.05) is 5.33 Å². The van der Waals surface area contributed by atoms with Crippen molar-refractivity contribution in [1.82, 2.24) is 4.72 Å². The molecule has 1 aliphatic carbocycles. The third kappa shape index (κ3) is 3.33. The number of alkyl halides is 1. The second-order valence-electron chi connectivity index (χ2n) is 4.69. The highest BCUT2D eigenvalue weighted by Gasteiger charge is 2.30. The Labute approximate surface area is 117 Å². The summed E-state index contributed by atoms with van der Waals surface area (Å²) in [5.41, 5.74) is 0.996. The normalized spacial score (nSPS) is 18.9. The molecule has 1 atom stereocenters. The molecular formula is C13H18BrNO2S. The Morgan fingerprint density at radius 1 is 1.22 bits per heavy atom. The van der Waals surface area contributed by atoms with Crippen LogP contribution in [-0.4, -0.2) is 19.0 Å². The van der Waals surface area contributed by atoms with Gasteiger partial charge < -0.3 is 0 Å². The molecule has 0 saturated heterocycles. The molecule has 1 aromatic rings.